The molecule has 0 aromatic heterocycles. The Morgan fingerprint density at radius 1 is 1.56 bits per heavy atom. The number of thioether (sulfide) groups is 1. The molecule has 0 spiro atoms. The summed E-state index contributed by atoms with van der Waals surface area (Å²) < 4.78 is 0. The molecule has 3 nitrogen and oxygen atoms in total. The SMILES string of the molecule is CSCc1cccc(C(=O)N2CCCC(O)C2)c1. The average molecular weight is 265 g/mol. The van der Waals surface area contributed by atoms with Crippen molar-refractivity contribution in [1.29, 1.82) is 0 Å². The van der Waals surface area contributed by atoms with Gasteiger partial charge >= 0.3 is 0 Å². The molecule has 1 atom stereocenters. The van der Waals surface area contributed by atoms with Crippen LogP contribution in [-0.2, 0) is 5.75 Å². The number of β-amino-alcohol motifs (C(OH)–C–C–N with tert-alkyl or cyclic N) is 1. The van der Waals surface area contributed by atoms with Gasteiger partial charge in [0.1, 0.15) is 0 Å². The minimum absolute atomic E-state index is 0.0386. The molecule has 1 aromatic rings. The van der Waals surface area contributed by atoms with E-state index in [-0.39, 0.29) is 12.0 Å². The van der Waals surface area contributed by atoms with Crippen LogP contribution in [0.2, 0.25) is 0 Å². The summed E-state index contributed by atoms with van der Waals surface area (Å²) in [5, 5.41) is 9.62. The lowest BCUT2D eigenvalue weighted by Crippen LogP contribution is -2.42. The van der Waals surface area contributed by atoms with E-state index >= 15 is 0 Å². The molecule has 1 amide bonds. The van der Waals surface area contributed by atoms with Gasteiger partial charge in [0.05, 0.1) is 6.10 Å². The van der Waals surface area contributed by atoms with Gasteiger partial charge in [-0.2, -0.15) is 11.8 Å². The third-order valence-corrected chi connectivity index (χ3v) is 3.79. The topological polar surface area (TPSA) is 40.5 Å². The van der Waals surface area contributed by atoms with E-state index in [1.54, 1.807) is 16.7 Å². The van der Waals surface area contributed by atoms with Gasteiger partial charge in [-0.25, -0.2) is 0 Å². The Hall–Kier alpha value is -1.00. The molecule has 0 radical (unpaired) electrons. The Labute approximate surface area is 112 Å². The zero-order valence-electron chi connectivity index (χ0n) is 10.6. The van der Waals surface area contributed by atoms with Crippen LogP contribution < -0.4 is 0 Å². The molecule has 1 heterocycles. The van der Waals surface area contributed by atoms with Crippen molar-refractivity contribution in [1.82, 2.24) is 4.90 Å². The van der Waals surface area contributed by atoms with Gasteiger partial charge < -0.3 is 10.0 Å². The van der Waals surface area contributed by atoms with Crippen LogP contribution in [0, 0.1) is 0 Å². The lowest BCUT2D eigenvalue weighted by atomic mass is 10.1. The first kappa shape index (κ1) is 13.4. The summed E-state index contributed by atoms with van der Waals surface area (Å²) in [5.41, 5.74) is 1.90. The summed E-state index contributed by atoms with van der Waals surface area (Å²) in [6.07, 6.45) is 3.38. The average Bonchev–Trinajstić information content (AvgIpc) is 2.39. The summed E-state index contributed by atoms with van der Waals surface area (Å²) in [5.74, 6) is 0.959. The van der Waals surface area contributed by atoms with Crippen LogP contribution in [0.25, 0.3) is 0 Å². The molecule has 1 aromatic carbocycles. The highest BCUT2D eigenvalue weighted by molar-refractivity contribution is 7.97. The molecule has 2 rings (SSSR count). The third-order valence-electron chi connectivity index (χ3n) is 3.17. The Bertz CT molecular complexity index is 422. The predicted octanol–water partition coefficient (Wildman–Crippen LogP) is 2.15. The van der Waals surface area contributed by atoms with E-state index in [1.165, 1.54) is 5.56 Å². The van der Waals surface area contributed by atoms with Crippen molar-refractivity contribution < 1.29 is 9.90 Å². The van der Waals surface area contributed by atoms with Crippen LogP contribution >= 0.6 is 11.8 Å². The van der Waals surface area contributed by atoms with E-state index in [1.807, 2.05) is 24.3 Å². The van der Waals surface area contributed by atoms with Crippen LogP contribution in [0.1, 0.15) is 28.8 Å². The smallest absolute Gasteiger partial charge is 0.253 e. The van der Waals surface area contributed by atoms with Crippen molar-refractivity contribution >= 4 is 17.7 Å². The minimum Gasteiger partial charge on any atom is -0.391 e. The molecule has 0 aliphatic carbocycles. The first-order valence-corrected chi connectivity index (χ1v) is 7.65. The highest BCUT2D eigenvalue weighted by Crippen LogP contribution is 2.16. The van der Waals surface area contributed by atoms with Crippen molar-refractivity contribution in [2.24, 2.45) is 0 Å². The number of rotatable bonds is 3. The third kappa shape index (κ3) is 3.27. The van der Waals surface area contributed by atoms with E-state index in [4.69, 9.17) is 0 Å². The molecular weight excluding hydrogens is 246 g/mol. The quantitative estimate of drug-likeness (QED) is 0.910. The summed E-state index contributed by atoms with van der Waals surface area (Å²) >= 11 is 1.75. The molecule has 98 valence electrons. The normalized spacial score (nSPS) is 19.9. The zero-order valence-corrected chi connectivity index (χ0v) is 11.4. The molecule has 1 aliphatic heterocycles. The number of amides is 1. The minimum atomic E-state index is -0.364. The van der Waals surface area contributed by atoms with Gasteiger partial charge in [0.2, 0.25) is 0 Å². The van der Waals surface area contributed by atoms with Crippen molar-refractivity contribution in [3.63, 3.8) is 0 Å². The molecular formula is C14H19NO2S. The number of piperidine rings is 1. The van der Waals surface area contributed by atoms with Crippen LogP contribution in [-0.4, -0.2) is 41.4 Å². The second-order valence-corrected chi connectivity index (χ2v) is 5.55. The van der Waals surface area contributed by atoms with Crippen molar-refractivity contribution in [2.75, 3.05) is 19.3 Å². The number of aliphatic hydroxyl groups excluding tert-OH is 1. The zero-order chi connectivity index (χ0) is 13.0. The summed E-state index contributed by atoms with van der Waals surface area (Å²) in [4.78, 5) is 14.1. The number of aliphatic hydroxyl groups is 1. The largest absolute Gasteiger partial charge is 0.391 e. The van der Waals surface area contributed by atoms with Crippen LogP contribution in [0.5, 0.6) is 0 Å². The first-order valence-electron chi connectivity index (χ1n) is 6.26. The van der Waals surface area contributed by atoms with E-state index < -0.39 is 0 Å². The van der Waals surface area contributed by atoms with E-state index in [0.717, 1.165) is 30.7 Å². The first-order chi connectivity index (χ1) is 8.70. The predicted molar refractivity (Wildman–Crippen MR) is 74.8 cm³/mol. The number of likely N-dealkylation sites (tertiary alicyclic amines) is 1. The maximum atomic E-state index is 12.3. The maximum absolute atomic E-state index is 12.3. The fourth-order valence-corrected chi connectivity index (χ4v) is 2.80. The maximum Gasteiger partial charge on any atom is 0.253 e. The van der Waals surface area contributed by atoms with E-state index in [9.17, 15) is 9.90 Å². The van der Waals surface area contributed by atoms with Crippen molar-refractivity contribution in [3.05, 3.63) is 35.4 Å². The van der Waals surface area contributed by atoms with Crippen molar-refractivity contribution in [3.8, 4) is 0 Å². The molecule has 1 saturated heterocycles. The number of hydrogen-bond acceptors (Lipinski definition) is 3. The molecule has 1 aliphatic rings. The molecule has 0 saturated carbocycles. The highest BCUT2D eigenvalue weighted by Gasteiger charge is 2.22. The van der Waals surface area contributed by atoms with Gasteiger partial charge in [0.25, 0.3) is 5.91 Å². The van der Waals surface area contributed by atoms with Gasteiger partial charge in [-0.05, 0) is 36.8 Å². The second kappa shape index (κ2) is 6.25. The van der Waals surface area contributed by atoms with Gasteiger partial charge in [-0.1, -0.05) is 12.1 Å². The number of benzene rings is 1. The lowest BCUT2D eigenvalue weighted by molar-refractivity contribution is 0.0473. The Morgan fingerprint density at radius 2 is 2.39 bits per heavy atom. The number of nitrogens with zero attached hydrogens (tertiary/aromatic N) is 1. The summed E-state index contributed by atoms with van der Waals surface area (Å²) in [6.45, 7) is 1.22. The van der Waals surface area contributed by atoms with E-state index in [2.05, 4.69) is 6.26 Å². The molecule has 1 unspecified atom stereocenters. The molecule has 0 bridgehead atoms. The number of carbonyl (C=O) groups excluding carboxylic acids is 1. The number of hydrogen-bond donors (Lipinski definition) is 1. The molecule has 18 heavy (non-hydrogen) atoms. The van der Waals surface area contributed by atoms with Gasteiger partial charge in [0, 0.05) is 24.4 Å². The number of carbonyl (C=O) groups is 1. The lowest BCUT2D eigenvalue weighted by Gasteiger charge is -2.30. The fourth-order valence-electron chi connectivity index (χ4n) is 2.28. The summed E-state index contributed by atoms with van der Waals surface area (Å²) in [6, 6.07) is 7.78. The summed E-state index contributed by atoms with van der Waals surface area (Å²) in [7, 11) is 0. The molecule has 1 N–H and O–H groups in total. The van der Waals surface area contributed by atoms with E-state index in [0.29, 0.717) is 6.54 Å². The fraction of sp³-hybridized carbons (Fsp3) is 0.500. The standard InChI is InChI=1S/C14H19NO2S/c1-18-10-11-4-2-5-12(8-11)14(17)15-7-3-6-13(16)9-15/h2,4-5,8,13,16H,3,6-7,9-10H2,1H3. The Morgan fingerprint density at radius 3 is 3.11 bits per heavy atom. The second-order valence-electron chi connectivity index (χ2n) is 4.68. The van der Waals surface area contributed by atoms with Crippen molar-refractivity contribution in [2.45, 2.75) is 24.7 Å². The van der Waals surface area contributed by atoms with Crippen LogP contribution in [0.3, 0.4) is 0 Å². The highest BCUT2D eigenvalue weighted by atomic mass is 32.2. The van der Waals surface area contributed by atoms with Gasteiger partial charge in [-0.3, -0.25) is 4.79 Å². The molecule has 1 fully saturated rings. The Balaban J connectivity index is 2.10. The van der Waals surface area contributed by atoms with Crippen LogP contribution in [0.15, 0.2) is 24.3 Å². The Kier molecular flexibility index (Phi) is 4.66. The molecule has 4 heteroatoms. The van der Waals surface area contributed by atoms with Gasteiger partial charge in [0.15, 0.2) is 0 Å². The monoisotopic (exact) mass is 265 g/mol. The van der Waals surface area contributed by atoms with Gasteiger partial charge in [-0.15, -0.1) is 0 Å². The van der Waals surface area contributed by atoms with Crippen LogP contribution in [0.4, 0.5) is 0 Å².